The first-order chi connectivity index (χ1) is 4.63. The zero-order chi connectivity index (χ0) is 8.15. The Balaban J connectivity index is 4.00. The molecule has 0 aliphatic carbocycles. The Labute approximate surface area is 60.0 Å². The highest BCUT2D eigenvalue weighted by atomic mass is 16.4. The molecule has 0 saturated heterocycles. The van der Waals surface area contributed by atoms with Gasteiger partial charge in [0, 0.05) is 17.8 Å². The van der Waals surface area contributed by atoms with Crippen molar-refractivity contribution in [3.8, 4) is 0 Å². The molecule has 0 aliphatic heterocycles. The molecule has 0 N–H and O–H groups in total. The molecule has 3 nitrogen and oxygen atoms in total. The summed E-state index contributed by atoms with van der Waals surface area (Å²) in [5.41, 5.74) is 0. The van der Waals surface area contributed by atoms with Gasteiger partial charge in [-0.15, -0.1) is 0 Å². The first-order valence-corrected chi connectivity index (χ1v) is 3.29. The third-order valence-corrected chi connectivity index (χ3v) is 1.66. The van der Waals surface area contributed by atoms with E-state index in [1.165, 1.54) is 6.92 Å². The molecule has 2 atom stereocenters. The lowest BCUT2D eigenvalue weighted by Gasteiger charge is -2.17. The average molecular weight is 143 g/mol. The molecule has 0 spiro atoms. The molecule has 0 aliphatic rings. The Morgan fingerprint density at radius 1 is 1.70 bits per heavy atom. The number of aliphatic carboxylic acids is 1. The molecule has 2 unspecified atom stereocenters. The van der Waals surface area contributed by atoms with Crippen molar-refractivity contribution in [1.82, 2.24) is 0 Å². The van der Waals surface area contributed by atoms with Gasteiger partial charge >= 0.3 is 0 Å². The first-order valence-electron chi connectivity index (χ1n) is 3.29. The van der Waals surface area contributed by atoms with E-state index in [0.717, 1.165) is 0 Å². The largest absolute Gasteiger partial charge is 0.550 e. The van der Waals surface area contributed by atoms with Gasteiger partial charge in [0.1, 0.15) is 6.29 Å². The second kappa shape index (κ2) is 4.04. The maximum absolute atomic E-state index is 10.2. The van der Waals surface area contributed by atoms with Crippen LogP contribution in [0.25, 0.3) is 0 Å². The number of aldehydes is 1. The fraction of sp³-hybridized carbons (Fsp3) is 0.714. The summed E-state index contributed by atoms with van der Waals surface area (Å²) in [6.45, 7) is 3.26. The molecule has 0 fully saturated rings. The summed E-state index contributed by atoms with van der Waals surface area (Å²) in [7, 11) is 0. The van der Waals surface area contributed by atoms with Crippen LogP contribution in [-0.4, -0.2) is 12.3 Å². The van der Waals surface area contributed by atoms with Crippen LogP contribution in [0, 0.1) is 11.8 Å². The monoisotopic (exact) mass is 143 g/mol. The minimum atomic E-state index is -1.15. The lowest BCUT2D eigenvalue weighted by molar-refractivity contribution is -0.312. The molecule has 58 valence electrons. The van der Waals surface area contributed by atoms with Crippen LogP contribution in [0.2, 0.25) is 0 Å². The number of carbonyl (C=O) groups excluding carboxylic acids is 2. The van der Waals surface area contributed by atoms with Crippen LogP contribution >= 0.6 is 0 Å². The Morgan fingerprint density at radius 3 is 2.30 bits per heavy atom. The highest BCUT2D eigenvalue weighted by Crippen LogP contribution is 2.11. The number of carboxylic acids is 1. The molecule has 0 heterocycles. The zero-order valence-electron chi connectivity index (χ0n) is 6.16. The number of carbonyl (C=O) groups is 2. The number of rotatable bonds is 4. The zero-order valence-corrected chi connectivity index (χ0v) is 6.16. The van der Waals surface area contributed by atoms with Crippen molar-refractivity contribution >= 4 is 12.3 Å². The fourth-order valence-electron chi connectivity index (χ4n) is 0.742. The second-order valence-electron chi connectivity index (χ2n) is 2.32. The minimum Gasteiger partial charge on any atom is -0.550 e. The van der Waals surface area contributed by atoms with Crippen molar-refractivity contribution in [2.45, 2.75) is 20.3 Å². The van der Waals surface area contributed by atoms with Crippen LogP contribution in [0.4, 0.5) is 0 Å². The number of hydrogen-bond donors (Lipinski definition) is 0. The van der Waals surface area contributed by atoms with Crippen molar-refractivity contribution in [3.05, 3.63) is 0 Å². The molecule has 0 saturated carbocycles. The van der Waals surface area contributed by atoms with Gasteiger partial charge in [0.25, 0.3) is 0 Å². The Hall–Kier alpha value is -0.860. The number of hydrogen-bond acceptors (Lipinski definition) is 3. The molecule has 10 heavy (non-hydrogen) atoms. The van der Waals surface area contributed by atoms with E-state index in [2.05, 4.69) is 0 Å². The van der Waals surface area contributed by atoms with Gasteiger partial charge in [0.05, 0.1) is 0 Å². The van der Waals surface area contributed by atoms with Crippen LogP contribution in [0.15, 0.2) is 0 Å². The summed E-state index contributed by atoms with van der Waals surface area (Å²) >= 11 is 0. The lowest BCUT2D eigenvalue weighted by atomic mass is 9.93. The van der Waals surface area contributed by atoms with Crippen LogP contribution in [0.5, 0.6) is 0 Å². The van der Waals surface area contributed by atoms with E-state index in [9.17, 15) is 14.7 Å². The van der Waals surface area contributed by atoms with E-state index in [-0.39, 0.29) is 0 Å². The van der Waals surface area contributed by atoms with Crippen molar-refractivity contribution in [3.63, 3.8) is 0 Å². The van der Waals surface area contributed by atoms with Crippen LogP contribution in [-0.2, 0) is 9.59 Å². The molecular weight excluding hydrogens is 132 g/mol. The van der Waals surface area contributed by atoms with E-state index in [1.807, 2.05) is 0 Å². The minimum absolute atomic E-state index is 0.398. The van der Waals surface area contributed by atoms with Gasteiger partial charge < -0.3 is 14.7 Å². The lowest BCUT2D eigenvalue weighted by Crippen LogP contribution is -2.34. The molecule has 0 radical (unpaired) electrons. The summed E-state index contributed by atoms with van der Waals surface area (Å²) in [4.78, 5) is 20.4. The van der Waals surface area contributed by atoms with Gasteiger partial charge in [0.2, 0.25) is 0 Å². The van der Waals surface area contributed by atoms with Crippen molar-refractivity contribution in [2.75, 3.05) is 0 Å². The first kappa shape index (κ1) is 9.14. The normalized spacial score (nSPS) is 15.8. The molecule has 3 heteroatoms. The Morgan fingerprint density at radius 2 is 2.20 bits per heavy atom. The van der Waals surface area contributed by atoms with Crippen LogP contribution < -0.4 is 5.11 Å². The molecule has 0 amide bonds. The average Bonchev–Trinajstić information content (AvgIpc) is 1.90. The molecular formula is C7H11O3-. The third-order valence-electron chi connectivity index (χ3n) is 1.66. The standard InChI is InChI=1S/C7H12O3/c1-3-6(4-8)5(2)7(9)10/h4-6H,3H2,1-2H3,(H,9,10)/p-1. The van der Waals surface area contributed by atoms with Crippen molar-refractivity contribution in [2.24, 2.45) is 11.8 Å². The number of carboxylic acid groups (broad SMARTS) is 1. The SMILES string of the molecule is CCC(C=O)C(C)C(=O)[O-]. The van der Waals surface area contributed by atoms with Gasteiger partial charge in [-0.3, -0.25) is 0 Å². The predicted molar refractivity (Wildman–Crippen MR) is 34.0 cm³/mol. The summed E-state index contributed by atoms with van der Waals surface area (Å²) in [6, 6.07) is 0. The fourth-order valence-corrected chi connectivity index (χ4v) is 0.742. The van der Waals surface area contributed by atoms with Gasteiger partial charge in [-0.2, -0.15) is 0 Å². The van der Waals surface area contributed by atoms with Crippen LogP contribution in [0.3, 0.4) is 0 Å². The highest BCUT2D eigenvalue weighted by molar-refractivity contribution is 5.72. The maximum Gasteiger partial charge on any atom is 0.123 e. The molecule has 0 aromatic heterocycles. The van der Waals surface area contributed by atoms with Crippen molar-refractivity contribution < 1.29 is 14.7 Å². The topological polar surface area (TPSA) is 57.2 Å². The Bertz CT molecular complexity index is 131. The van der Waals surface area contributed by atoms with Gasteiger partial charge in [-0.1, -0.05) is 13.8 Å². The summed E-state index contributed by atoms with van der Waals surface area (Å²) in [5, 5.41) is 10.2. The molecule has 0 bridgehead atoms. The maximum atomic E-state index is 10.2. The van der Waals surface area contributed by atoms with Gasteiger partial charge in [0.15, 0.2) is 0 Å². The van der Waals surface area contributed by atoms with Crippen molar-refractivity contribution in [1.29, 1.82) is 0 Å². The Kier molecular flexibility index (Phi) is 3.69. The molecule has 0 aromatic rings. The van der Waals surface area contributed by atoms with Crippen LogP contribution in [0.1, 0.15) is 20.3 Å². The second-order valence-corrected chi connectivity index (χ2v) is 2.32. The van der Waals surface area contributed by atoms with E-state index < -0.39 is 17.8 Å². The summed E-state index contributed by atoms with van der Waals surface area (Å²) in [5.74, 6) is -2.22. The smallest absolute Gasteiger partial charge is 0.123 e. The van der Waals surface area contributed by atoms with Gasteiger partial charge in [-0.05, 0) is 6.42 Å². The van der Waals surface area contributed by atoms with E-state index in [0.29, 0.717) is 12.7 Å². The van der Waals surface area contributed by atoms with Gasteiger partial charge in [-0.25, -0.2) is 0 Å². The highest BCUT2D eigenvalue weighted by Gasteiger charge is 2.14. The third kappa shape index (κ3) is 2.17. The quantitative estimate of drug-likeness (QED) is 0.503. The summed E-state index contributed by atoms with van der Waals surface area (Å²) < 4.78 is 0. The van der Waals surface area contributed by atoms with E-state index >= 15 is 0 Å². The molecule has 0 rings (SSSR count). The summed E-state index contributed by atoms with van der Waals surface area (Å²) in [6.07, 6.45) is 1.22. The van der Waals surface area contributed by atoms with E-state index in [1.54, 1.807) is 6.92 Å². The predicted octanol–water partition coefficient (Wildman–Crippen LogP) is -0.403. The molecule has 0 aromatic carbocycles. The van der Waals surface area contributed by atoms with E-state index in [4.69, 9.17) is 0 Å².